The molecule has 3 N–H and O–H groups in total. The van der Waals surface area contributed by atoms with Crippen LogP contribution in [0.3, 0.4) is 0 Å². The van der Waals surface area contributed by atoms with E-state index in [0.29, 0.717) is 11.5 Å². The molecule has 0 aliphatic rings. The Morgan fingerprint density at radius 1 is 1.58 bits per heavy atom. The van der Waals surface area contributed by atoms with Crippen LogP contribution in [0, 0.1) is 6.92 Å². The van der Waals surface area contributed by atoms with Gasteiger partial charge in [0.05, 0.1) is 6.04 Å². The molecule has 2 rings (SSSR count). The van der Waals surface area contributed by atoms with Crippen LogP contribution >= 0.6 is 27.3 Å². The molecule has 2 aromatic rings. The summed E-state index contributed by atoms with van der Waals surface area (Å²) in [5, 5.41) is 5.18. The van der Waals surface area contributed by atoms with Crippen LogP contribution in [-0.2, 0) is 0 Å². The van der Waals surface area contributed by atoms with Crippen LogP contribution in [0.2, 0.25) is 0 Å². The van der Waals surface area contributed by atoms with E-state index in [1.165, 1.54) is 11.3 Å². The number of carbonyl (C=O) groups is 1. The molecule has 1 amide bonds. The Hall–Kier alpha value is -1.31. The largest absolute Gasteiger partial charge is 0.322 e. The van der Waals surface area contributed by atoms with Crippen LogP contribution < -0.4 is 11.1 Å². The monoisotopic (exact) mass is 340 g/mol. The van der Waals surface area contributed by atoms with Gasteiger partial charge in [-0.05, 0) is 41.4 Å². The maximum absolute atomic E-state index is 12.0. The highest BCUT2D eigenvalue weighted by molar-refractivity contribution is 9.10. The Morgan fingerprint density at radius 2 is 2.32 bits per heavy atom. The number of aryl methyl sites for hydroxylation is 1. The highest BCUT2D eigenvalue weighted by Gasteiger charge is 2.14. The van der Waals surface area contributed by atoms with E-state index < -0.39 is 0 Å². The summed E-state index contributed by atoms with van der Waals surface area (Å²) in [6.45, 7) is 3.71. The first-order valence-corrected chi connectivity index (χ1v) is 7.29. The summed E-state index contributed by atoms with van der Waals surface area (Å²) in [4.78, 5) is 20.4. The van der Waals surface area contributed by atoms with Gasteiger partial charge in [-0.1, -0.05) is 0 Å². The van der Waals surface area contributed by atoms with E-state index in [2.05, 4.69) is 31.2 Å². The fourth-order valence-electron chi connectivity index (χ4n) is 1.44. The molecule has 1 atom stereocenters. The summed E-state index contributed by atoms with van der Waals surface area (Å²) in [5.74, 6) is 0.254. The molecule has 2 heterocycles. The van der Waals surface area contributed by atoms with Gasteiger partial charge in [0.25, 0.3) is 5.91 Å². The second-order valence-corrected chi connectivity index (χ2v) is 5.94. The molecule has 0 fully saturated rings. The number of nitrogens with zero attached hydrogens (tertiary/aromatic N) is 2. The Bertz CT molecular complexity index is 612. The van der Waals surface area contributed by atoms with E-state index in [9.17, 15) is 4.79 Å². The minimum absolute atomic E-state index is 0.168. The number of pyridine rings is 1. The molecular weight excluding hydrogens is 328 g/mol. The number of aromatic nitrogens is 2. The number of hydrogen-bond acceptors (Lipinski definition) is 5. The summed E-state index contributed by atoms with van der Waals surface area (Å²) in [6.07, 6.45) is 1.64. The molecule has 100 valence electrons. The molecule has 0 saturated heterocycles. The SMILES string of the molecule is Cc1cc(Br)cnc1NC(=O)c1csc(C(C)N)n1. The minimum atomic E-state index is -0.277. The second-order valence-electron chi connectivity index (χ2n) is 4.13. The quantitative estimate of drug-likeness (QED) is 0.900. The normalized spacial score (nSPS) is 12.2. The lowest BCUT2D eigenvalue weighted by Gasteiger charge is -2.06. The molecule has 5 nitrogen and oxygen atoms in total. The van der Waals surface area contributed by atoms with Crippen molar-refractivity contribution in [2.75, 3.05) is 5.32 Å². The van der Waals surface area contributed by atoms with Gasteiger partial charge in [0.2, 0.25) is 0 Å². The van der Waals surface area contributed by atoms with Gasteiger partial charge in [0.1, 0.15) is 16.5 Å². The zero-order chi connectivity index (χ0) is 14.0. The molecule has 0 spiro atoms. The second kappa shape index (κ2) is 5.77. The van der Waals surface area contributed by atoms with Gasteiger partial charge in [0, 0.05) is 16.0 Å². The number of halogens is 1. The van der Waals surface area contributed by atoms with E-state index >= 15 is 0 Å². The van der Waals surface area contributed by atoms with Gasteiger partial charge in [-0.2, -0.15) is 0 Å². The van der Waals surface area contributed by atoms with E-state index in [1.54, 1.807) is 11.6 Å². The summed E-state index contributed by atoms with van der Waals surface area (Å²) in [5.41, 5.74) is 6.96. The van der Waals surface area contributed by atoms with Gasteiger partial charge in [-0.3, -0.25) is 4.79 Å². The summed E-state index contributed by atoms with van der Waals surface area (Å²) < 4.78 is 0.871. The summed E-state index contributed by atoms with van der Waals surface area (Å²) >= 11 is 4.71. The standard InChI is InChI=1S/C12H13BrN4OS/c1-6-3-8(13)4-15-10(6)17-11(18)9-5-19-12(16-9)7(2)14/h3-5,7H,14H2,1-2H3,(H,15,17,18). The van der Waals surface area contributed by atoms with Gasteiger partial charge in [-0.15, -0.1) is 11.3 Å². The predicted molar refractivity (Wildman–Crippen MR) is 79.3 cm³/mol. The van der Waals surface area contributed by atoms with Crippen LogP contribution in [-0.4, -0.2) is 15.9 Å². The smallest absolute Gasteiger partial charge is 0.276 e. The number of nitrogens with one attached hydrogen (secondary N) is 1. The van der Waals surface area contributed by atoms with Crippen LogP contribution in [0.25, 0.3) is 0 Å². The van der Waals surface area contributed by atoms with E-state index in [0.717, 1.165) is 15.0 Å². The third kappa shape index (κ3) is 3.37. The van der Waals surface area contributed by atoms with Crippen molar-refractivity contribution in [3.8, 4) is 0 Å². The van der Waals surface area contributed by atoms with E-state index in [-0.39, 0.29) is 11.9 Å². The maximum atomic E-state index is 12.0. The molecule has 0 saturated carbocycles. The predicted octanol–water partition coefficient (Wildman–Crippen LogP) is 2.88. The molecule has 0 aliphatic carbocycles. The molecule has 0 radical (unpaired) electrons. The van der Waals surface area contributed by atoms with Gasteiger partial charge >= 0.3 is 0 Å². The van der Waals surface area contributed by atoms with Gasteiger partial charge in [0.15, 0.2) is 0 Å². The van der Waals surface area contributed by atoms with Crippen LogP contribution in [0.5, 0.6) is 0 Å². The highest BCUT2D eigenvalue weighted by Crippen LogP contribution is 2.19. The molecule has 7 heteroatoms. The Balaban J connectivity index is 2.16. The first kappa shape index (κ1) is 14.1. The molecule has 1 unspecified atom stereocenters. The number of carbonyl (C=O) groups excluding carboxylic acids is 1. The molecule has 0 aromatic carbocycles. The first-order valence-electron chi connectivity index (χ1n) is 5.62. The van der Waals surface area contributed by atoms with Gasteiger partial charge < -0.3 is 11.1 Å². The van der Waals surface area contributed by atoms with Crippen molar-refractivity contribution in [1.29, 1.82) is 0 Å². The third-order valence-corrected chi connectivity index (χ3v) is 3.90. The fourth-order valence-corrected chi connectivity index (χ4v) is 2.65. The summed E-state index contributed by atoms with van der Waals surface area (Å²) in [6, 6.07) is 1.72. The third-order valence-electron chi connectivity index (χ3n) is 2.42. The van der Waals surface area contributed by atoms with Crippen LogP contribution in [0.15, 0.2) is 22.1 Å². The average molecular weight is 341 g/mol. The number of rotatable bonds is 3. The Labute approximate surface area is 123 Å². The zero-order valence-electron chi connectivity index (χ0n) is 10.5. The first-order chi connectivity index (χ1) is 8.97. The average Bonchev–Trinajstić information content (AvgIpc) is 2.82. The van der Waals surface area contributed by atoms with Crippen molar-refractivity contribution in [1.82, 2.24) is 9.97 Å². The molecule has 0 aliphatic heterocycles. The highest BCUT2D eigenvalue weighted by atomic mass is 79.9. The molecule has 0 bridgehead atoms. The Morgan fingerprint density at radius 3 is 2.89 bits per heavy atom. The lowest BCUT2D eigenvalue weighted by atomic mass is 10.3. The van der Waals surface area contributed by atoms with Crippen LogP contribution in [0.1, 0.15) is 34.0 Å². The fraction of sp³-hybridized carbons (Fsp3) is 0.250. The van der Waals surface area contributed by atoms with E-state index in [4.69, 9.17) is 5.73 Å². The number of anilines is 1. The molecule has 2 aromatic heterocycles. The zero-order valence-corrected chi connectivity index (χ0v) is 12.9. The van der Waals surface area contributed by atoms with Gasteiger partial charge in [-0.25, -0.2) is 9.97 Å². The number of hydrogen-bond donors (Lipinski definition) is 2. The van der Waals surface area contributed by atoms with Crippen molar-refractivity contribution in [3.05, 3.63) is 38.4 Å². The number of nitrogens with two attached hydrogens (primary N) is 1. The van der Waals surface area contributed by atoms with E-state index in [1.807, 2.05) is 19.9 Å². The lowest BCUT2D eigenvalue weighted by Crippen LogP contribution is -2.15. The minimum Gasteiger partial charge on any atom is -0.322 e. The van der Waals surface area contributed by atoms with Crippen molar-refractivity contribution in [3.63, 3.8) is 0 Å². The number of thiazole rings is 1. The molecular formula is C12H13BrN4OS. The van der Waals surface area contributed by atoms with Crippen molar-refractivity contribution in [2.45, 2.75) is 19.9 Å². The van der Waals surface area contributed by atoms with Crippen molar-refractivity contribution >= 4 is 39.0 Å². The lowest BCUT2D eigenvalue weighted by molar-refractivity contribution is 0.102. The van der Waals surface area contributed by atoms with Crippen molar-refractivity contribution in [2.24, 2.45) is 5.73 Å². The summed E-state index contributed by atoms with van der Waals surface area (Å²) in [7, 11) is 0. The molecule has 19 heavy (non-hydrogen) atoms. The number of amides is 1. The topological polar surface area (TPSA) is 80.9 Å². The van der Waals surface area contributed by atoms with Crippen LogP contribution in [0.4, 0.5) is 5.82 Å². The maximum Gasteiger partial charge on any atom is 0.276 e. The Kier molecular flexibility index (Phi) is 4.28. The van der Waals surface area contributed by atoms with Crippen molar-refractivity contribution < 1.29 is 4.79 Å².